The van der Waals surface area contributed by atoms with Crippen LogP contribution >= 0.6 is 11.3 Å². The Bertz CT molecular complexity index is 833. The number of aryl methyl sites for hydroxylation is 1. The van der Waals surface area contributed by atoms with Crippen LogP contribution in [0.3, 0.4) is 0 Å². The predicted molar refractivity (Wildman–Crippen MR) is 92.5 cm³/mol. The highest BCUT2D eigenvalue weighted by atomic mass is 32.1. The molecule has 0 radical (unpaired) electrons. The quantitative estimate of drug-likeness (QED) is 0.944. The van der Waals surface area contributed by atoms with Crippen molar-refractivity contribution < 1.29 is 4.79 Å². The number of hydrogen-bond donors (Lipinski definition) is 1. The number of carbonyl (C=O) groups excluding carboxylic acids is 1. The number of ketones is 1. The summed E-state index contributed by atoms with van der Waals surface area (Å²) in [5.74, 6) is 0.00356. The molecule has 0 atom stereocenters. The van der Waals surface area contributed by atoms with Gasteiger partial charge in [-0.15, -0.1) is 11.3 Å². The van der Waals surface area contributed by atoms with E-state index in [4.69, 9.17) is 0 Å². The van der Waals surface area contributed by atoms with Crippen molar-refractivity contribution in [2.75, 3.05) is 0 Å². The van der Waals surface area contributed by atoms with Crippen molar-refractivity contribution in [1.29, 1.82) is 0 Å². The highest BCUT2D eigenvalue weighted by molar-refractivity contribution is 7.07. The molecule has 1 heterocycles. The van der Waals surface area contributed by atoms with Crippen LogP contribution in [0, 0.1) is 5.41 Å². The second-order valence-corrected chi connectivity index (χ2v) is 7.37. The van der Waals surface area contributed by atoms with E-state index < -0.39 is 5.41 Å². The molecule has 1 aromatic heterocycles. The molecule has 22 heavy (non-hydrogen) atoms. The third-order valence-electron chi connectivity index (χ3n) is 3.37. The molecule has 1 N–H and O–H groups in total. The summed E-state index contributed by atoms with van der Waals surface area (Å²) in [6.07, 6.45) is 4.36. The maximum Gasteiger partial charge on any atom is 0.266 e. The van der Waals surface area contributed by atoms with E-state index in [1.807, 2.05) is 39.0 Å². The van der Waals surface area contributed by atoms with E-state index >= 15 is 0 Å². The van der Waals surface area contributed by atoms with Gasteiger partial charge in [0, 0.05) is 11.5 Å². The number of rotatable bonds is 3. The molecule has 0 aliphatic carbocycles. The molecule has 0 spiro atoms. The number of Topliss-reactive ketones (excluding diaryl/α,β-unsaturated/α-hetero) is 1. The molecule has 3 nitrogen and oxygen atoms in total. The Kier molecular flexibility index (Phi) is 4.81. The minimum atomic E-state index is -0.444. The molecule has 4 heteroatoms. The first kappa shape index (κ1) is 16.4. The minimum absolute atomic E-state index is 0.00356. The monoisotopic (exact) mass is 315 g/mol. The molecule has 2 rings (SSSR count). The van der Waals surface area contributed by atoms with Crippen LogP contribution in [0.15, 0.2) is 29.1 Å². The third kappa shape index (κ3) is 4.04. The second-order valence-electron chi connectivity index (χ2n) is 6.28. The van der Waals surface area contributed by atoms with Gasteiger partial charge in [0.2, 0.25) is 0 Å². The van der Waals surface area contributed by atoms with Crippen LogP contribution < -0.4 is 14.8 Å². The molecule has 0 fully saturated rings. The molecule has 0 saturated heterocycles. The summed E-state index contributed by atoms with van der Waals surface area (Å²) >= 11 is 1.31. The standard InChI is InChI=1S/C18H21NO2S/c1-5-12-6-8-13(9-7-12)10-14-17(21)19-16(22-14)11-15(20)18(2,3)4/h6-11H,5H2,1-4H3,(H,19,21)/b14-10-,16-11+. The fourth-order valence-corrected chi connectivity index (χ4v) is 2.75. The number of aromatic nitrogens is 1. The second kappa shape index (κ2) is 6.44. The Balaban J connectivity index is 2.41. The van der Waals surface area contributed by atoms with Gasteiger partial charge in [-0.05, 0) is 23.6 Å². The van der Waals surface area contributed by atoms with Gasteiger partial charge >= 0.3 is 0 Å². The number of benzene rings is 1. The molecule has 0 aliphatic rings. The summed E-state index contributed by atoms with van der Waals surface area (Å²) in [6, 6.07) is 8.12. The SMILES string of the molecule is CCc1ccc(/C=c2\s/c(=C/C(=O)C(C)(C)C)[nH]c2=O)cc1. The fourth-order valence-electron chi connectivity index (χ4n) is 1.86. The Labute approximate surface area is 134 Å². The molecule has 0 unspecified atom stereocenters. The fraction of sp³-hybridized carbons (Fsp3) is 0.333. The van der Waals surface area contributed by atoms with Gasteiger partial charge in [-0.3, -0.25) is 9.59 Å². The number of hydrogen-bond acceptors (Lipinski definition) is 3. The first-order valence-electron chi connectivity index (χ1n) is 7.35. The van der Waals surface area contributed by atoms with Gasteiger partial charge in [-0.1, -0.05) is 52.0 Å². The van der Waals surface area contributed by atoms with E-state index in [0.717, 1.165) is 12.0 Å². The van der Waals surface area contributed by atoms with Crippen LogP contribution in [-0.2, 0) is 11.2 Å². The largest absolute Gasteiger partial charge is 0.313 e. The molecule has 2 aromatic rings. The van der Waals surface area contributed by atoms with E-state index in [1.54, 1.807) is 0 Å². The van der Waals surface area contributed by atoms with Gasteiger partial charge in [-0.25, -0.2) is 0 Å². The lowest BCUT2D eigenvalue weighted by Crippen LogP contribution is -2.22. The molecule has 0 amide bonds. The van der Waals surface area contributed by atoms with Crippen molar-refractivity contribution >= 4 is 29.3 Å². The lowest BCUT2D eigenvalue weighted by Gasteiger charge is -2.12. The Morgan fingerprint density at radius 1 is 1.23 bits per heavy atom. The maximum absolute atomic E-state index is 12.0. The van der Waals surface area contributed by atoms with Gasteiger partial charge in [0.05, 0.1) is 9.20 Å². The van der Waals surface area contributed by atoms with Gasteiger partial charge in [0.25, 0.3) is 5.56 Å². The molecule has 0 bridgehead atoms. The van der Waals surface area contributed by atoms with Crippen molar-refractivity contribution in [3.05, 3.63) is 54.9 Å². The van der Waals surface area contributed by atoms with Crippen molar-refractivity contribution in [3.8, 4) is 0 Å². The van der Waals surface area contributed by atoms with E-state index in [9.17, 15) is 9.59 Å². The number of thiazole rings is 1. The van der Waals surface area contributed by atoms with Gasteiger partial charge in [0.1, 0.15) is 0 Å². The molecule has 116 valence electrons. The van der Waals surface area contributed by atoms with E-state index in [-0.39, 0.29) is 11.3 Å². The minimum Gasteiger partial charge on any atom is -0.313 e. The zero-order valence-corrected chi connectivity index (χ0v) is 14.2. The summed E-state index contributed by atoms with van der Waals surface area (Å²) in [7, 11) is 0. The van der Waals surface area contributed by atoms with Crippen LogP contribution in [0.1, 0.15) is 38.8 Å². The Morgan fingerprint density at radius 3 is 2.41 bits per heavy atom. The van der Waals surface area contributed by atoms with Crippen molar-refractivity contribution in [2.24, 2.45) is 5.41 Å². The van der Waals surface area contributed by atoms with Crippen LogP contribution in [0.2, 0.25) is 0 Å². The zero-order chi connectivity index (χ0) is 16.3. The summed E-state index contributed by atoms with van der Waals surface area (Å²) in [5, 5.41) is 0. The lowest BCUT2D eigenvalue weighted by atomic mass is 9.91. The summed E-state index contributed by atoms with van der Waals surface area (Å²) < 4.78 is 1.21. The van der Waals surface area contributed by atoms with Gasteiger partial charge in [-0.2, -0.15) is 0 Å². The highest BCUT2D eigenvalue weighted by Crippen LogP contribution is 2.14. The number of H-pyrrole nitrogens is 1. The topological polar surface area (TPSA) is 49.9 Å². The van der Waals surface area contributed by atoms with Crippen molar-refractivity contribution in [1.82, 2.24) is 4.98 Å². The van der Waals surface area contributed by atoms with Gasteiger partial charge in [0.15, 0.2) is 5.78 Å². The molecule has 0 saturated carbocycles. The maximum atomic E-state index is 12.0. The van der Waals surface area contributed by atoms with E-state index in [1.165, 1.54) is 23.0 Å². The normalized spacial score (nSPS) is 13.6. The van der Waals surface area contributed by atoms with Crippen LogP contribution in [0.25, 0.3) is 12.2 Å². The summed E-state index contributed by atoms with van der Waals surface area (Å²) in [6.45, 7) is 7.69. The third-order valence-corrected chi connectivity index (χ3v) is 4.33. The number of carbonyl (C=O) groups is 1. The average Bonchev–Trinajstić information content (AvgIpc) is 2.78. The summed E-state index contributed by atoms with van der Waals surface area (Å²) in [4.78, 5) is 26.7. The average molecular weight is 315 g/mol. The summed E-state index contributed by atoms with van der Waals surface area (Å²) in [5.41, 5.74) is 1.65. The first-order valence-corrected chi connectivity index (χ1v) is 8.17. The van der Waals surface area contributed by atoms with Crippen LogP contribution in [-0.4, -0.2) is 10.8 Å². The Morgan fingerprint density at radius 2 is 1.86 bits per heavy atom. The smallest absolute Gasteiger partial charge is 0.266 e. The highest BCUT2D eigenvalue weighted by Gasteiger charge is 2.18. The van der Waals surface area contributed by atoms with Crippen molar-refractivity contribution in [2.45, 2.75) is 34.1 Å². The molecule has 1 aromatic carbocycles. The van der Waals surface area contributed by atoms with E-state index in [2.05, 4.69) is 24.0 Å². The number of aromatic amines is 1. The molecule has 0 aliphatic heterocycles. The number of nitrogens with one attached hydrogen (secondary N) is 1. The molecular weight excluding hydrogens is 294 g/mol. The first-order chi connectivity index (χ1) is 10.3. The van der Waals surface area contributed by atoms with Crippen LogP contribution in [0.4, 0.5) is 0 Å². The van der Waals surface area contributed by atoms with Crippen LogP contribution in [0.5, 0.6) is 0 Å². The molecular formula is C18H21NO2S. The predicted octanol–water partition coefficient (Wildman–Crippen LogP) is 2.22. The lowest BCUT2D eigenvalue weighted by molar-refractivity contribution is -0.119. The van der Waals surface area contributed by atoms with Crippen molar-refractivity contribution in [3.63, 3.8) is 0 Å². The van der Waals surface area contributed by atoms with E-state index in [0.29, 0.717) is 9.20 Å². The zero-order valence-electron chi connectivity index (χ0n) is 13.4. The Hall–Kier alpha value is -1.94. The van der Waals surface area contributed by atoms with Gasteiger partial charge < -0.3 is 4.98 Å².